The Morgan fingerprint density at radius 2 is 2.18 bits per heavy atom. The number of nitrogens with one attached hydrogen (secondary N) is 1. The van der Waals surface area contributed by atoms with E-state index in [0.29, 0.717) is 13.0 Å². The number of hydrogen-bond donors (Lipinski definition) is 3. The Kier molecular flexibility index (Phi) is 4.81. The van der Waals surface area contributed by atoms with E-state index in [0.717, 1.165) is 0 Å². The first-order valence-electron chi connectivity index (χ1n) is 3.72. The summed E-state index contributed by atoms with van der Waals surface area (Å²) in [6, 6.07) is -0.121. The van der Waals surface area contributed by atoms with Gasteiger partial charge in [-0.05, 0) is 13.8 Å². The minimum atomic E-state index is -0.493. The molecule has 0 radical (unpaired) electrons. The second kappa shape index (κ2) is 5.09. The highest BCUT2D eigenvalue weighted by molar-refractivity contribution is 5.76. The number of carbonyl (C=O) groups excluding carboxylic acids is 1. The van der Waals surface area contributed by atoms with Crippen LogP contribution in [-0.4, -0.2) is 29.7 Å². The van der Waals surface area contributed by atoms with Gasteiger partial charge in [0.2, 0.25) is 5.91 Å². The third-order valence-electron chi connectivity index (χ3n) is 1.10. The van der Waals surface area contributed by atoms with E-state index in [1.807, 2.05) is 0 Å². The van der Waals surface area contributed by atoms with Gasteiger partial charge in [-0.2, -0.15) is 0 Å². The average molecular weight is 160 g/mol. The van der Waals surface area contributed by atoms with Crippen LogP contribution in [0.15, 0.2) is 0 Å². The Balaban J connectivity index is 3.38. The van der Waals surface area contributed by atoms with Gasteiger partial charge in [0.25, 0.3) is 0 Å². The van der Waals surface area contributed by atoms with Crippen LogP contribution in [0.4, 0.5) is 0 Å². The van der Waals surface area contributed by atoms with Crippen LogP contribution in [0.25, 0.3) is 0 Å². The maximum Gasteiger partial charge on any atom is 0.221 e. The van der Waals surface area contributed by atoms with Gasteiger partial charge in [-0.15, -0.1) is 0 Å². The van der Waals surface area contributed by atoms with Crippen LogP contribution in [0.3, 0.4) is 0 Å². The Morgan fingerprint density at radius 3 is 2.55 bits per heavy atom. The summed E-state index contributed by atoms with van der Waals surface area (Å²) in [5.74, 6) is -0.110. The van der Waals surface area contributed by atoms with Crippen LogP contribution < -0.4 is 11.1 Å². The van der Waals surface area contributed by atoms with Gasteiger partial charge in [0.05, 0.1) is 6.10 Å². The fraction of sp³-hybridized carbons (Fsp3) is 0.857. The van der Waals surface area contributed by atoms with Gasteiger partial charge in [-0.3, -0.25) is 4.79 Å². The largest absolute Gasteiger partial charge is 0.392 e. The molecule has 0 aliphatic rings. The summed E-state index contributed by atoms with van der Waals surface area (Å²) in [5, 5.41) is 11.3. The van der Waals surface area contributed by atoms with Gasteiger partial charge < -0.3 is 16.2 Å². The minimum absolute atomic E-state index is 0.110. The molecule has 1 unspecified atom stereocenters. The summed E-state index contributed by atoms with van der Waals surface area (Å²) < 4.78 is 0. The molecule has 0 aromatic rings. The van der Waals surface area contributed by atoms with E-state index in [1.165, 1.54) is 0 Å². The molecule has 0 saturated carbocycles. The SMILES string of the molecule is CC(N)CC(=O)NC[C@@H](C)O. The molecular weight excluding hydrogens is 144 g/mol. The van der Waals surface area contributed by atoms with Gasteiger partial charge in [-0.1, -0.05) is 0 Å². The molecule has 66 valence electrons. The monoisotopic (exact) mass is 160 g/mol. The van der Waals surface area contributed by atoms with E-state index >= 15 is 0 Å². The highest BCUT2D eigenvalue weighted by Crippen LogP contribution is 1.85. The van der Waals surface area contributed by atoms with Crippen LogP contribution in [0.5, 0.6) is 0 Å². The van der Waals surface area contributed by atoms with Crippen molar-refractivity contribution < 1.29 is 9.90 Å². The molecule has 0 bridgehead atoms. The number of aliphatic hydroxyl groups is 1. The van der Waals surface area contributed by atoms with E-state index < -0.39 is 6.10 Å². The molecule has 0 aliphatic carbocycles. The topological polar surface area (TPSA) is 75.4 Å². The minimum Gasteiger partial charge on any atom is -0.392 e. The van der Waals surface area contributed by atoms with Gasteiger partial charge in [0, 0.05) is 19.0 Å². The molecule has 0 heterocycles. The van der Waals surface area contributed by atoms with Crippen molar-refractivity contribution in [3.8, 4) is 0 Å². The lowest BCUT2D eigenvalue weighted by molar-refractivity contribution is -0.121. The van der Waals surface area contributed by atoms with Crippen molar-refractivity contribution in [1.82, 2.24) is 5.32 Å². The number of hydrogen-bond acceptors (Lipinski definition) is 3. The molecule has 0 spiro atoms. The first kappa shape index (κ1) is 10.4. The summed E-state index contributed by atoms with van der Waals surface area (Å²) in [6.45, 7) is 3.68. The molecule has 4 heteroatoms. The Hall–Kier alpha value is -0.610. The van der Waals surface area contributed by atoms with E-state index in [-0.39, 0.29) is 11.9 Å². The standard InChI is InChI=1S/C7H16N2O2/c1-5(8)3-7(11)9-4-6(2)10/h5-6,10H,3-4,8H2,1-2H3,(H,9,11)/t5?,6-/m1/s1. The van der Waals surface area contributed by atoms with E-state index in [9.17, 15) is 4.79 Å². The van der Waals surface area contributed by atoms with Gasteiger partial charge in [0.15, 0.2) is 0 Å². The number of nitrogens with two attached hydrogens (primary N) is 1. The normalized spacial score (nSPS) is 15.6. The molecule has 0 rings (SSSR count). The van der Waals surface area contributed by atoms with Crippen molar-refractivity contribution in [3.05, 3.63) is 0 Å². The maximum absolute atomic E-state index is 10.9. The lowest BCUT2D eigenvalue weighted by Crippen LogP contribution is -2.34. The van der Waals surface area contributed by atoms with E-state index in [4.69, 9.17) is 10.8 Å². The molecule has 2 atom stereocenters. The molecule has 0 fully saturated rings. The van der Waals surface area contributed by atoms with Gasteiger partial charge >= 0.3 is 0 Å². The molecular formula is C7H16N2O2. The van der Waals surface area contributed by atoms with Crippen molar-refractivity contribution in [3.63, 3.8) is 0 Å². The zero-order valence-electron chi connectivity index (χ0n) is 7.00. The summed E-state index contributed by atoms with van der Waals surface area (Å²) in [4.78, 5) is 10.9. The van der Waals surface area contributed by atoms with E-state index in [2.05, 4.69) is 5.32 Å². The fourth-order valence-electron chi connectivity index (χ4n) is 0.626. The Labute approximate surface area is 66.8 Å². The molecule has 4 nitrogen and oxygen atoms in total. The molecule has 1 amide bonds. The third kappa shape index (κ3) is 7.29. The predicted octanol–water partition coefficient (Wildman–Crippen LogP) is -0.779. The van der Waals surface area contributed by atoms with Crippen LogP contribution >= 0.6 is 0 Å². The second-order valence-corrected chi connectivity index (χ2v) is 2.83. The summed E-state index contributed by atoms with van der Waals surface area (Å²) >= 11 is 0. The van der Waals surface area contributed by atoms with Crippen molar-refractivity contribution in [1.29, 1.82) is 0 Å². The average Bonchev–Trinajstić information content (AvgIpc) is 1.82. The second-order valence-electron chi connectivity index (χ2n) is 2.83. The summed E-state index contributed by atoms with van der Waals surface area (Å²) in [5.41, 5.74) is 5.38. The molecule has 0 saturated heterocycles. The third-order valence-corrected chi connectivity index (χ3v) is 1.10. The molecule has 4 N–H and O–H groups in total. The van der Waals surface area contributed by atoms with Crippen LogP contribution in [0.1, 0.15) is 20.3 Å². The van der Waals surface area contributed by atoms with Crippen LogP contribution in [0, 0.1) is 0 Å². The van der Waals surface area contributed by atoms with E-state index in [1.54, 1.807) is 13.8 Å². The maximum atomic E-state index is 10.9. The number of amides is 1. The fourth-order valence-corrected chi connectivity index (χ4v) is 0.626. The first-order chi connectivity index (χ1) is 5.02. The Bertz CT molecular complexity index is 124. The molecule has 11 heavy (non-hydrogen) atoms. The highest BCUT2D eigenvalue weighted by Gasteiger charge is 2.04. The smallest absolute Gasteiger partial charge is 0.221 e. The lowest BCUT2D eigenvalue weighted by atomic mass is 10.2. The van der Waals surface area contributed by atoms with Crippen molar-refractivity contribution in [2.75, 3.05) is 6.54 Å². The highest BCUT2D eigenvalue weighted by atomic mass is 16.3. The molecule has 0 aliphatic heterocycles. The zero-order valence-corrected chi connectivity index (χ0v) is 7.00. The van der Waals surface area contributed by atoms with Crippen molar-refractivity contribution >= 4 is 5.91 Å². The first-order valence-corrected chi connectivity index (χ1v) is 3.72. The van der Waals surface area contributed by atoms with Crippen molar-refractivity contribution in [2.24, 2.45) is 5.73 Å². The molecule has 0 aromatic heterocycles. The number of carbonyl (C=O) groups is 1. The number of rotatable bonds is 4. The van der Waals surface area contributed by atoms with Crippen LogP contribution in [0.2, 0.25) is 0 Å². The van der Waals surface area contributed by atoms with Gasteiger partial charge in [-0.25, -0.2) is 0 Å². The van der Waals surface area contributed by atoms with Gasteiger partial charge in [0.1, 0.15) is 0 Å². The number of aliphatic hydroxyl groups excluding tert-OH is 1. The van der Waals surface area contributed by atoms with Crippen molar-refractivity contribution in [2.45, 2.75) is 32.4 Å². The predicted molar refractivity (Wildman–Crippen MR) is 43.0 cm³/mol. The quantitative estimate of drug-likeness (QED) is 0.505. The summed E-state index contributed by atoms with van der Waals surface area (Å²) in [6.07, 6.45) is -0.181. The molecule has 0 aromatic carbocycles. The zero-order chi connectivity index (χ0) is 8.85. The lowest BCUT2D eigenvalue weighted by Gasteiger charge is -2.08. The Morgan fingerprint density at radius 1 is 1.64 bits per heavy atom. The summed E-state index contributed by atoms with van der Waals surface area (Å²) in [7, 11) is 0. The van der Waals surface area contributed by atoms with Crippen LogP contribution in [-0.2, 0) is 4.79 Å².